The van der Waals surface area contributed by atoms with Gasteiger partial charge in [0.1, 0.15) is 0 Å². The Morgan fingerprint density at radius 3 is 3.00 bits per heavy atom. The van der Waals surface area contributed by atoms with Gasteiger partial charge in [-0.25, -0.2) is 4.98 Å². The second-order valence-corrected chi connectivity index (χ2v) is 4.22. The number of aryl methyl sites for hydroxylation is 1. The summed E-state index contributed by atoms with van der Waals surface area (Å²) in [5.41, 5.74) is 1.14. The number of rotatable bonds is 5. The molecule has 3 nitrogen and oxygen atoms in total. The Balaban J connectivity index is 2.13. The molecule has 0 radical (unpaired) electrons. The fraction of sp³-hybridized carbons (Fsp3) is 0.667. The van der Waals surface area contributed by atoms with Gasteiger partial charge in [-0.3, -0.25) is 0 Å². The van der Waals surface area contributed by atoms with Gasteiger partial charge in [-0.2, -0.15) is 0 Å². The maximum absolute atomic E-state index is 8.98. The number of aliphatic hydroxyl groups is 1. The minimum Gasteiger partial charge on any atom is -0.392 e. The number of nitrogens with zero attached hydrogens (tertiary/aromatic N) is 1. The summed E-state index contributed by atoms with van der Waals surface area (Å²) >= 11 is 1.68. The lowest BCUT2D eigenvalue weighted by atomic mass is 10.3. The van der Waals surface area contributed by atoms with Crippen molar-refractivity contribution in [2.24, 2.45) is 0 Å². The molecular weight excluding hydrogens is 184 g/mol. The highest BCUT2D eigenvalue weighted by molar-refractivity contribution is 7.09. The summed E-state index contributed by atoms with van der Waals surface area (Å²) in [6, 6.07) is 0. The van der Waals surface area contributed by atoms with Crippen molar-refractivity contribution in [3.63, 3.8) is 0 Å². The van der Waals surface area contributed by atoms with Gasteiger partial charge >= 0.3 is 0 Å². The van der Waals surface area contributed by atoms with E-state index in [0.29, 0.717) is 6.54 Å². The van der Waals surface area contributed by atoms with E-state index >= 15 is 0 Å². The van der Waals surface area contributed by atoms with Crippen LogP contribution in [0.3, 0.4) is 0 Å². The molecule has 1 aromatic rings. The molecule has 0 unspecified atom stereocenters. The first-order valence-corrected chi connectivity index (χ1v) is 5.36. The van der Waals surface area contributed by atoms with Crippen LogP contribution >= 0.6 is 11.3 Å². The number of hydrogen-bond donors (Lipinski definition) is 2. The summed E-state index contributed by atoms with van der Waals surface area (Å²) in [7, 11) is 0. The van der Waals surface area contributed by atoms with Crippen molar-refractivity contribution in [3.8, 4) is 0 Å². The number of aliphatic hydroxyl groups excluding tert-OH is 1. The Bertz CT molecular complexity index is 248. The van der Waals surface area contributed by atoms with Crippen LogP contribution in [0, 0.1) is 6.92 Å². The van der Waals surface area contributed by atoms with Crippen LogP contribution in [0.15, 0.2) is 5.38 Å². The summed E-state index contributed by atoms with van der Waals surface area (Å²) in [5, 5.41) is 15.3. The summed E-state index contributed by atoms with van der Waals surface area (Å²) in [5.74, 6) is 0. The fourth-order valence-corrected chi connectivity index (χ4v) is 1.70. The predicted molar refractivity (Wildman–Crippen MR) is 55.1 cm³/mol. The van der Waals surface area contributed by atoms with Crippen LogP contribution in [0.5, 0.6) is 0 Å². The van der Waals surface area contributed by atoms with E-state index in [0.717, 1.165) is 23.7 Å². The zero-order valence-corrected chi connectivity index (χ0v) is 8.90. The third-order valence-corrected chi connectivity index (χ3v) is 2.49. The Kier molecular flexibility index (Phi) is 4.35. The van der Waals surface area contributed by atoms with E-state index in [1.807, 2.05) is 6.92 Å². The highest BCUT2D eigenvalue weighted by atomic mass is 32.1. The highest BCUT2D eigenvalue weighted by Crippen LogP contribution is 2.07. The average molecular weight is 200 g/mol. The van der Waals surface area contributed by atoms with Crippen LogP contribution in [-0.4, -0.2) is 29.3 Å². The normalized spacial score (nSPS) is 13.2. The second-order valence-electron chi connectivity index (χ2n) is 3.16. The van der Waals surface area contributed by atoms with Crippen molar-refractivity contribution in [3.05, 3.63) is 16.1 Å². The smallest absolute Gasteiger partial charge is 0.0897 e. The molecular formula is C9H16N2OS. The van der Waals surface area contributed by atoms with Crippen LogP contribution < -0.4 is 5.32 Å². The Hall–Kier alpha value is -0.450. The van der Waals surface area contributed by atoms with Crippen molar-refractivity contribution >= 4 is 11.3 Å². The monoisotopic (exact) mass is 200 g/mol. The molecule has 0 aromatic carbocycles. The van der Waals surface area contributed by atoms with Crippen molar-refractivity contribution in [1.29, 1.82) is 0 Å². The van der Waals surface area contributed by atoms with Gasteiger partial charge in [0.2, 0.25) is 0 Å². The van der Waals surface area contributed by atoms with Gasteiger partial charge in [0.25, 0.3) is 0 Å². The second kappa shape index (κ2) is 5.32. The fourth-order valence-electron chi connectivity index (χ4n) is 1.05. The number of aromatic nitrogens is 1. The third-order valence-electron chi connectivity index (χ3n) is 1.66. The quantitative estimate of drug-likeness (QED) is 0.696. The molecule has 0 saturated heterocycles. The Morgan fingerprint density at radius 1 is 1.69 bits per heavy atom. The predicted octanol–water partition coefficient (Wildman–Crippen LogP) is 0.964. The molecule has 2 N–H and O–H groups in total. The first kappa shape index (κ1) is 10.6. The van der Waals surface area contributed by atoms with Crippen LogP contribution in [-0.2, 0) is 6.42 Å². The SMILES string of the molecule is Cc1nc(CCNC[C@H](C)O)cs1. The minimum atomic E-state index is -0.267. The third kappa shape index (κ3) is 4.36. The molecule has 1 rings (SSSR count). The van der Waals surface area contributed by atoms with Gasteiger partial charge in [0, 0.05) is 24.9 Å². The largest absolute Gasteiger partial charge is 0.392 e. The molecule has 1 atom stereocenters. The molecule has 0 aliphatic heterocycles. The van der Waals surface area contributed by atoms with Crippen LogP contribution in [0.2, 0.25) is 0 Å². The van der Waals surface area contributed by atoms with Gasteiger partial charge in [0.15, 0.2) is 0 Å². The molecule has 0 saturated carbocycles. The molecule has 0 aliphatic carbocycles. The molecule has 1 heterocycles. The molecule has 13 heavy (non-hydrogen) atoms. The van der Waals surface area contributed by atoms with Gasteiger partial charge in [-0.05, 0) is 13.8 Å². The van der Waals surface area contributed by atoms with E-state index in [1.54, 1.807) is 18.3 Å². The topological polar surface area (TPSA) is 45.2 Å². The number of hydrogen-bond acceptors (Lipinski definition) is 4. The highest BCUT2D eigenvalue weighted by Gasteiger charge is 1.98. The van der Waals surface area contributed by atoms with E-state index < -0.39 is 0 Å². The maximum Gasteiger partial charge on any atom is 0.0897 e. The zero-order chi connectivity index (χ0) is 9.68. The van der Waals surface area contributed by atoms with E-state index in [4.69, 9.17) is 5.11 Å². The summed E-state index contributed by atoms with van der Waals surface area (Å²) in [6.45, 7) is 5.33. The standard InChI is InChI=1S/C9H16N2OS/c1-7(12)5-10-4-3-9-6-13-8(2)11-9/h6-7,10,12H,3-5H2,1-2H3/t7-/m0/s1. The van der Waals surface area contributed by atoms with Crippen molar-refractivity contribution in [1.82, 2.24) is 10.3 Å². The van der Waals surface area contributed by atoms with E-state index in [2.05, 4.69) is 15.7 Å². The van der Waals surface area contributed by atoms with E-state index in [9.17, 15) is 0 Å². The lowest BCUT2D eigenvalue weighted by Crippen LogP contribution is -2.26. The summed E-state index contributed by atoms with van der Waals surface area (Å²) < 4.78 is 0. The van der Waals surface area contributed by atoms with Crippen molar-refractivity contribution in [2.75, 3.05) is 13.1 Å². The molecule has 0 spiro atoms. The molecule has 0 amide bonds. The van der Waals surface area contributed by atoms with Crippen LogP contribution in [0.4, 0.5) is 0 Å². The van der Waals surface area contributed by atoms with Gasteiger partial charge in [-0.1, -0.05) is 0 Å². The Morgan fingerprint density at radius 2 is 2.46 bits per heavy atom. The van der Waals surface area contributed by atoms with Gasteiger partial charge in [0.05, 0.1) is 16.8 Å². The number of nitrogens with one attached hydrogen (secondary N) is 1. The first-order chi connectivity index (χ1) is 6.18. The zero-order valence-electron chi connectivity index (χ0n) is 8.08. The van der Waals surface area contributed by atoms with Crippen molar-refractivity contribution in [2.45, 2.75) is 26.4 Å². The lowest BCUT2D eigenvalue weighted by molar-refractivity contribution is 0.191. The molecule has 4 heteroatoms. The van der Waals surface area contributed by atoms with Crippen molar-refractivity contribution < 1.29 is 5.11 Å². The molecule has 0 bridgehead atoms. The molecule has 0 aliphatic rings. The first-order valence-electron chi connectivity index (χ1n) is 4.48. The van der Waals surface area contributed by atoms with Gasteiger partial charge < -0.3 is 10.4 Å². The van der Waals surface area contributed by atoms with Crippen LogP contribution in [0.25, 0.3) is 0 Å². The molecule has 74 valence electrons. The lowest BCUT2D eigenvalue weighted by Gasteiger charge is -2.04. The van der Waals surface area contributed by atoms with E-state index in [1.165, 1.54) is 0 Å². The van der Waals surface area contributed by atoms with Gasteiger partial charge in [-0.15, -0.1) is 11.3 Å². The number of thiazole rings is 1. The maximum atomic E-state index is 8.98. The summed E-state index contributed by atoms with van der Waals surface area (Å²) in [4.78, 5) is 4.34. The average Bonchev–Trinajstić information content (AvgIpc) is 2.45. The minimum absolute atomic E-state index is 0.267. The molecule has 0 fully saturated rings. The molecule has 1 aromatic heterocycles. The van der Waals surface area contributed by atoms with E-state index in [-0.39, 0.29) is 6.10 Å². The Labute approximate surface area is 82.8 Å². The summed E-state index contributed by atoms with van der Waals surface area (Å²) in [6.07, 6.45) is 0.675. The van der Waals surface area contributed by atoms with Crippen LogP contribution in [0.1, 0.15) is 17.6 Å².